The van der Waals surface area contributed by atoms with E-state index >= 15 is 0 Å². The molecule has 0 N–H and O–H groups in total. The zero-order valence-electron chi connectivity index (χ0n) is 30.4. The van der Waals surface area contributed by atoms with Gasteiger partial charge < -0.3 is 9.47 Å². The van der Waals surface area contributed by atoms with E-state index in [1.807, 2.05) is 13.8 Å². The highest BCUT2D eigenvalue weighted by molar-refractivity contribution is 5.42. The summed E-state index contributed by atoms with van der Waals surface area (Å²) < 4.78 is 66.9. The van der Waals surface area contributed by atoms with Crippen molar-refractivity contribution in [3.63, 3.8) is 0 Å². The van der Waals surface area contributed by atoms with Crippen LogP contribution >= 0.6 is 0 Å². The SMILES string of the molecule is CCCCOc1ccc(C#CC2CCC(CCC)CC2)c(F)c1F.CCCCOc1ccc(C#CC2CCC(CCCC)CC2)c(F)c1F. The summed E-state index contributed by atoms with van der Waals surface area (Å²) in [5.74, 6) is 10.6. The van der Waals surface area contributed by atoms with Gasteiger partial charge in [-0.15, -0.1) is 0 Å². The Kier molecular flexibility index (Phi) is 18.6. The standard InChI is InChI=1S/C22H30F2O.C21H28F2O/c1-3-5-7-17-8-10-18(11-9-17)12-13-19-14-15-20(22(24)21(19)23)25-16-6-4-2;1-3-5-15-24-19-14-13-18(20(22)21(19)23)12-11-17-9-7-16(6-4-2)8-10-17/h14-15,17-18H,3-11,16H2,1-2H3;13-14,16-17H,3-10,15H2,1-2H3. The predicted octanol–water partition coefficient (Wildman–Crippen LogP) is 12.6. The van der Waals surface area contributed by atoms with Crippen LogP contribution in [0.1, 0.15) is 148 Å². The molecule has 0 saturated heterocycles. The zero-order valence-corrected chi connectivity index (χ0v) is 30.4. The molecule has 2 aliphatic rings. The summed E-state index contributed by atoms with van der Waals surface area (Å²) >= 11 is 0. The van der Waals surface area contributed by atoms with Crippen LogP contribution in [-0.2, 0) is 0 Å². The molecule has 0 atom stereocenters. The average molecular weight is 683 g/mol. The molecule has 4 rings (SSSR count). The van der Waals surface area contributed by atoms with Gasteiger partial charge in [0.25, 0.3) is 0 Å². The molecule has 2 aromatic rings. The molecule has 2 fully saturated rings. The van der Waals surface area contributed by atoms with E-state index in [1.165, 1.54) is 82.1 Å². The number of ether oxygens (including phenoxy) is 2. The molecule has 0 spiro atoms. The molecule has 0 heterocycles. The number of halogens is 4. The van der Waals surface area contributed by atoms with Gasteiger partial charge in [-0.05, 0) is 100 Å². The van der Waals surface area contributed by atoms with Crippen LogP contribution in [0.5, 0.6) is 11.5 Å². The summed E-state index contributed by atoms with van der Waals surface area (Å²) in [7, 11) is 0. The van der Waals surface area contributed by atoms with E-state index < -0.39 is 23.3 Å². The van der Waals surface area contributed by atoms with Crippen molar-refractivity contribution < 1.29 is 27.0 Å². The largest absolute Gasteiger partial charge is 0.490 e. The molecular weight excluding hydrogens is 624 g/mol. The third-order valence-electron chi connectivity index (χ3n) is 9.78. The molecule has 6 heteroatoms. The van der Waals surface area contributed by atoms with Crippen molar-refractivity contribution in [1.29, 1.82) is 0 Å². The van der Waals surface area contributed by atoms with Crippen LogP contribution in [0, 0.1) is 70.6 Å². The monoisotopic (exact) mass is 682 g/mol. The molecule has 49 heavy (non-hydrogen) atoms. The van der Waals surface area contributed by atoms with Gasteiger partial charge in [-0.25, -0.2) is 8.78 Å². The maximum Gasteiger partial charge on any atom is 0.201 e. The van der Waals surface area contributed by atoms with E-state index in [2.05, 4.69) is 37.5 Å². The summed E-state index contributed by atoms with van der Waals surface area (Å²) in [6.45, 7) is 9.30. The summed E-state index contributed by atoms with van der Waals surface area (Å²) in [6.07, 6.45) is 19.1. The molecular formula is C43H58F4O2. The van der Waals surface area contributed by atoms with Crippen LogP contribution in [-0.4, -0.2) is 13.2 Å². The minimum atomic E-state index is -0.926. The van der Waals surface area contributed by atoms with Gasteiger partial charge in [0.2, 0.25) is 11.6 Å². The molecule has 2 nitrogen and oxygen atoms in total. The Morgan fingerprint density at radius 2 is 0.918 bits per heavy atom. The normalized spacial score (nSPS) is 20.2. The van der Waals surface area contributed by atoms with Gasteiger partial charge in [0.1, 0.15) is 0 Å². The maximum atomic E-state index is 14.2. The molecule has 0 bridgehead atoms. The number of unbranched alkanes of at least 4 members (excludes halogenated alkanes) is 3. The Labute approximate surface area is 294 Å². The smallest absolute Gasteiger partial charge is 0.201 e. The van der Waals surface area contributed by atoms with Crippen molar-refractivity contribution in [2.45, 2.75) is 137 Å². The number of rotatable bonds is 13. The van der Waals surface area contributed by atoms with Gasteiger partial charge in [0.05, 0.1) is 24.3 Å². The first-order chi connectivity index (χ1) is 23.8. The minimum Gasteiger partial charge on any atom is -0.490 e. The Bertz CT molecular complexity index is 1380. The fourth-order valence-electron chi connectivity index (χ4n) is 6.58. The molecule has 0 aromatic heterocycles. The van der Waals surface area contributed by atoms with Crippen LogP contribution in [0.3, 0.4) is 0 Å². The van der Waals surface area contributed by atoms with Gasteiger partial charge in [-0.2, -0.15) is 8.78 Å². The number of benzene rings is 2. The number of hydrogen-bond acceptors (Lipinski definition) is 2. The second kappa shape index (κ2) is 22.6. The Hall–Kier alpha value is -3.12. The van der Waals surface area contributed by atoms with Gasteiger partial charge >= 0.3 is 0 Å². The Morgan fingerprint density at radius 3 is 1.31 bits per heavy atom. The maximum absolute atomic E-state index is 14.2. The van der Waals surface area contributed by atoms with Gasteiger partial charge in [0, 0.05) is 11.8 Å². The highest BCUT2D eigenvalue weighted by Gasteiger charge is 2.21. The topological polar surface area (TPSA) is 18.5 Å². The van der Waals surface area contributed by atoms with Crippen LogP contribution in [0.15, 0.2) is 24.3 Å². The van der Waals surface area contributed by atoms with Crippen molar-refractivity contribution in [2.75, 3.05) is 13.2 Å². The molecule has 2 aromatic carbocycles. The first kappa shape index (κ1) is 40.3. The Morgan fingerprint density at radius 1 is 0.510 bits per heavy atom. The third-order valence-corrected chi connectivity index (χ3v) is 9.78. The van der Waals surface area contributed by atoms with Crippen molar-refractivity contribution in [1.82, 2.24) is 0 Å². The van der Waals surface area contributed by atoms with Crippen LogP contribution in [0.4, 0.5) is 17.6 Å². The van der Waals surface area contributed by atoms with Crippen molar-refractivity contribution >= 4 is 0 Å². The summed E-state index contributed by atoms with van der Waals surface area (Å²) in [4.78, 5) is 0. The lowest BCUT2D eigenvalue weighted by Crippen LogP contribution is -2.13. The van der Waals surface area contributed by atoms with Crippen molar-refractivity contribution in [2.24, 2.45) is 23.7 Å². The lowest BCUT2D eigenvalue weighted by molar-refractivity contribution is 0.288. The highest BCUT2D eigenvalue weighted by Crippen LogP contribution is 2.33. The molecule has 2 aliphatic carbocycles. The highest BCUT2D eigenvalue weighted by atomic mass is 19.2. The second-order valence-corrected chi connectivity index (χ2v) is 13.8. The first-order valence-corrected chi connectivity index (χ1v) is 19.1. The van der Waals surface area contributed by atoms with E-state index in [0.29, 0.717) is 25.0 Å². The molecule has 2 saturated carbocycles. The molecule has 0 radical (unpaired) electrons. The minimum absolute atomic E-state index is 0.0204. The lowest BCUT2D eigenvalue weighted by atomic mass is 9.80. The van der Waals surface area contributed by atoms with E-state index in [9.17, 15) is 17.6 Å². The van der Waals surface area contributed by atoms with E-state index in [0.717, 1.165) is 63.2 Å². The van der Waals surface area contributed by atoms with Crippen molar-refractivity contribution in [3.8, 4) is 35.2 Å². The van der Waals surface area contributed by atoms with Crippen LogP contribution in [0.25, 0.3) is 0 Å². The van der Waals surface area contributed by atoms with Gasteiger partial charge in [0.15, 0.2) is 23.1 Å². The second-order valence-electron chi connectivity index (χ2n) is 13.8. The molecule has 0 aliphatic heterocycles. The third kappa shape index (κ3) is 13.6. The van der Waals surface area contributed by atoms with Gasteiger partial charge in [-0.1, -0.05) is 96.3 Å². The molecule has 0 amide bonds. The van der Waals surface area contributed by atoms with E-state index in [4.69, 9.17) is 9.47 Å². The Balaban J connectivity index is 0.000000266. The molecule has 270 valence electrons. The quantitative estimate of drug-likeness (QED) is 0.119. The average Bonchev–Trinajstić information content (AvgIpc) is 3.12. The fraction of sp³-hybridized carbons (Fsp3) is 0.628. The van der Waals surface area contributed by atoms with Crippen molar-refractivity contribution in [3.05, 3.63) is 58.7 Å². The van der Waals surface area contributed by atoms with E-state index in [-0.39, 0.29) is 22.6 Å². The number of hydrogen-bond donors (Lipinski definition) is 0. The van der Waals surface area contributed by atoms with Gasteiger partial charge in [-0.3, -0.25) is 0 Å². The summed E-state index contributed by atoms with van der Waals surface area (Å²) in [5, 5.41) is 0. The van der Waals surface area contributed by atoms with Crippen LogP contribution in [0.2, 0.25) is 0 Å². The first-order valence-electron chi connectivity index (χ1n) is 19.1. The zero-order chi connectivity index (χ0) is 35.4. The molecule has 0 unspecified atom stereocenters. The lowest BCUT2D eigenvalue weighted by Gasteiger charge is -2.25. The van der Waals surface area contributed by atoms with E-state index in [1.54, 1.807) is 0 Å². The summed E-state index contributed by atoms with van der Waals surface area (Å²) in [6, 6.07) is 6.02. The van der Waals surface area contributed by atoms with Crippen LogP contribution < -0.4 is 9.47 Å². The summed E-state index contributed by atoms with van der Waals surface area (Å²) in [5.41, 5.74) is 0.263. The predicted molar refractivity (Wildman–Crippen MR) is 193 cm³/mol. The fourth-order valence-corrected chi connectivity index (χ4v) is 6.58.